The summed E-state index contributed by atoms with van der Waals surface area (Å²) in [6.45, 7) is 13.1. The molecule has 0 saturated carbocycles. The number of hydrogen-bond donors (Lipinski definition) is 0. The second kappa shape index (κ2) is 8.23. The van der Waals surface area contributed by atoms with Gasteiger partial charge in [-0.1, -0.05) is 30.2 Å². The Labute approximate surface area is 175 Å². The standard InChI is InChI=1S/C25H36O4/c1-18(2)8-7-11-23(5)12-9-20-17-28-24(6)13-14-25(20,29-24)21(23)10-15-27-22(26)16-19(3)4/h8-10,15-16,21H,7,11-14,17H2,1-6H3/b15-10-/t21-,23+,24+,25-/m1/s1. The summed E-state index contributed by atoms with van der Waals surface area (Å²) in [5.41, 5.74) is 3.19. The van der Waals surface area contributed by atoms with Crippen molar-refractivity contribution in [3.63, 3.8) is 0 Å². The highest BCUT2D eigenvalue weighted by Crippen LogP contribution is 2.60. The van der Waals surface area contributed by atoms with E-state index in [1.165, 1.54) is 17.2 Å². The fraction of sp³-hybridized carbons (Fsp3) is 0.640. The monoisotopic (exact) mass is 400 g/mol. The normalized spacial score (nSPS) is 35.7. The molecule has 4 heteroatoms. The van der Waals surface area contributed by atoms with Crippen molar-refractivity contribution in [2.75, 3.05) is 6.61 Å². The summed E-state index contributed by atoms with van der Waals surface area (Å²) in [5, 5.41) is 0. The maximum atomic E-state index is 12.0. The van der Waals surface area contributed by atoms with E-state index in [1.807, 2.05) is 20.8 Å². The van der Waals surface area contributed by atoms with Crippen LogP contribution in [0.1, 0.15) is 73.6 Å². The van der Waals surface area contributed by atoms with Gasteiger partial charge in [-0.3, -0.25) is 0 Å². The molecule has 0 aromatic rings. The fourth-order valence-electron chi connectivity index (χ4n) is 5.07. The van der Waals surface area contributed by atoms with Gasteiger partial charge in [-0.05, 0) is 77.4 Å². The fourth-order valence-corrected chi connectivity index (χ4v) is 5.07. The quantitative estimate of drug-likeness (QED) is 0.237. The lowest BCUT2D eigenvalue weighted by atomic mass is 9.58. The third-order valence-electron chi connectivity index (χ3n) is 6.62. The third kappa shape index (κ3) is 4.59. The highest BCUT2D eigenvalue weighted by Gasteiger charge is 2.61. The van der Waals surface area contributed by atoms with E-state index in [9.17, 15) is 4.79 Å². The predicted molar refractivity (Wildman–Crippen MR) is 115 cm³/mol. The lowest BCUT2D eigenvalue weighted by molar-refractivity contribution is -0.273. The maximum Gasteiger partial charge on any atom is 0.335 e. The molecule has 4 atom stereocenters. The molecule has 2 bridgehead atoms. The van der Waals surface area contributed by atoms with Gasteiger partial charge in [0.2, 0.25) is 0 Å². The molecule has 0 radical (unpaired) electrons. The Morgan fingerprint density at radius 1 is 1.21 bits per heavy atom. The first kappa shape index (κ1) is 22.0. The summed E-state index contributed by atoms with van der Waals surface area (Å²) in [6.07, 6.45) is 14.7. The molecule has 1 aliphatic carbocycles. The van der Waals surface area contributed by atoms with Gasteiger partial charge in [-0.25, -0.2) is 4.79 Å². The molecule has 0 unspecified atom stereocenters. The molecule has 2 fully saturated rings. The zero-order valence-electron chi connectivity index (χ0n) is 18.8. The lowest BCUT2D eigenvalue weighted by Gasteiger charge is -2.53. The molecule has 2 saturated heterocycles. The Balaban J connectivity index is 1.90. The Hall–Kier alpha value is -1.65. The molecule has 3 aliphatic rings. The van der Waals surface area contributed by atoms with Crippen molar-refractivity contribution in [1.29, 1.82) is 0 Å². The second-order valence-electron chi connectivity index (χ2n) is 9.79. The van der Waals surface area contributed by atoms with E-state index >= 15 is 0 Å². The van der Waals surface area contributed by atoms with Crippen LogP contribution in [0.5, 0.6) is 0 Å². The second-order valence-corrected chi connectivity index (χ2v) is 9.79. The van der Waals surface area contributed by atoms with Crippen LogP contribution >= 0.6 is 0 Å². The van der Waals surface area contributed by atoms with Gasteiger partial charge in [-0.15, -0.1) is 0 Å². The summed E-state index contributed by atoms with van der Waals surface area (Å²) in [7, 11) is 0. The Kier molecular flexibility index (Phi) is 6.26. The van der Waals surface area contributed by atoms with Crippen molar-refractivity contribution < 1.29 is 19.0 Å². The molecule has 1 spiro atoms. The molecule has 0 aromatic heterocycles. The lowest BCUT2D eigenvalue weighted by Crippen LogP contribution is -2.55. The van der Waals surface area contributed by atoms with Gasteiger partial charge >= 0.3 is 5.97 Å². The molecule has 0 amide bonds. The van der Waals surface area contributed by atoms with Gasteiger partial charge in [0.25, 0.3) is 0 Å². The highest BCUT2D eigenvalue weighted by molar-refractivity contribution is 5.83. The zero-order chi connectivity index (χ0) is 21.3. The van der Waals surface area contributed by atoms with E-state index in [0.717, 1.165) is 37.7 Å². The molecule has 0 N–H and O–H groups in total. The third-order valence-corrected chi connectivity index (χ3v) is 6.62. The van der Waals surface area contributed by atoms with Gasteiger partial charge < -0.3 is 14.2 Å². The molecule has 160 valence electrons. The SMILES string of the molecule is CC(C)=CCC[C@@]1(C)CC=C2CO[C@]3(C)CC[C@]2(O3)[C@@H]1/C=C\OC(=O)C=C(C)C. The Morgan fingerprint density at radius 3 is 2.66 bits per heavy atom. The molecule has 4 nitrogen and oxygen atoms in total. The number of carbonyl (C=O) groups excluding carboxylic acids is 1. The first-order chi connectivity index (χ1) is 13.6. The number of esters is 1. The first-order valence-corrected chi connectivity index (χ1v) is 10.8. The molecule has 0 aromatic carbocycles. The van der Waals surface area contributed by atoms with E-state index in [4.69, 9.17) is 14.2 Å². The summed E-state index contributed by atoms with van der Waals surface area (Å²) >= 11 is 0. The number of allylic oxidation sites excluding steroid dienone is 4. The van der Waals surface area contributed by atoms with Crippen LogP contribution in [-0.4, -0.2) is 24.0 Å². The largest absolute Gasteiger partial charge is 0.432 e. The summed E-state index contributed by atoms with van der Waals surface area (Å²) in [5.74, 6) is -0.716. The summed E-state index contributed by atoms with van der Waals surface area (Å²) in [4.78, 5) is 12.0. The van der Waals surface area contributed by atoms with Gasteiger partial charge in [0.1, 0.15) is 5.60 Å². The Morgan fingerprint density at radius 2 is 1.97 bits per heavy atom. The van der Waals surface area contributed by atoms with E-state index in [2.05, 4.69) is 39.0 Å². The molecule has 2 heterocycles. The number of fused-ring (bicyclic) bond motifs is 1. The van der Waals surface area contributed by atoms with Crippen molar-refractivity contribution in [1.82, 2.24) is 0 Å². The minimum absolute atomic E-state index is 0.0253. The van der Waals surface area contributed by atoms with Crippen LogP contribution in [0.15, 0.2) is 47.3 Å². The molecule has 2 aliphatic heterocycles. The number of carbonyl (C=O) groups is 1. The first-order valence-electron chi connectivity index (χ1n) is 10.8. The maximum absolute atomic E-state index is 12.0. The van der Waals surface area contributed by atoms with Gasteiger partial charge in [0, 0.05) is 18.4 Å². The van der Waals surface area contributed by atoms with Crippen LogP contribution < -0.4 is 0 Å². The highest BCUT2D eigenvalue weighted by atomic mass is 16.7. The van der Waals surface area contributed by atoms with Crippen LogP contribution in [0.3, 0.4) is 0 Å². The van der Waals surface area contributed by atoms with Crippen LogP contribution in [0.4, 0.5) is 0 Å². The van der Waals surface area contributed by atoms with Crippen LogP contribution in [0, 0.1) is 11.3 Å². The number of hydrogen-bond acceptors (Lipinski definition) is 4. The van der Waals surface area contributed by atoms with Crippen molar-refractivity contribution in [2.24, 2.45) is 11.3 Å². The van der Waals surface area contributed by atoms with Crippen molar-refractivity contribution in [2.45, 2.75) is 85.0 Å². The average Bonchev–Trinajstić information content (AvgIpc) is 2.88. The van der Waals surface area contributed by atoms with E-state index < -0.39 is 5.79 Å². The van der Waals surface area contributed by atoms with E-state index in [1.54, 1.807) is 6.26 Å². The Bertz CT molecular complexity index is 766. The van der Waals surface area contributed by atoms with Gasteiger partial charge in [0.15, 0.2) is 5.79 Å². The minimum atomic E-state index is -0.514. The minimum Gasteiger partial charge on any atom is -0.432 e. The number of ether oxygens (including phenoxy) is 3. The van der Waals surface area contributed by atoms with Gasteiger partial charge in [-0.2, -0.15) is 0 Å². The molecule has 29 heavy (non-hydrogen) atoms. The smallest absolute Gasteiger partial charge is 0.335 e. The summed E-state index contributed by atoms with van der Waals surface area (Å²) in [6, 6.07) is 0. The van der Waals surface area contributed by atoms with Crippen LogP contribution in [0.25, 0.3) is 0 Å². The topological polar surface area (TPSA) is 44.8 Å². The molecular formula is C25H36O4. The van der Waals surface area contributed by atoms with Crippen LogP contribution in [0.2, 0.25) is 0 Å². The average molecular weight is 401 g/mol. The van der Waals surface area contributed by atoms with Crippen molar-refractivity contribution in [3.05, 3.63) is 47.3 Å². The summed E-state index contributed by atoms with van der Waals surface area (Å²) < 4.78 is 18.0. The molecule has 3 rings (SSSR count). The molecular weight excluding hydrogens is 364 g/mol. The van der Waals surface area contributed by atoms with Gasteiger partial charge in [0.05, 0.1) is 12.9 Å². The van der Waals surface area contributed by atoms with Crippen molar-refractivity contribution >= 4 is 5.97 Å². The van der Waals surface area contributed by atoms with Crippen LogP contribution in [-0.2, 0) is 19.0 Å². The number of rotatable bonds is 6. The van der Waals surface area contributed by atoms with E-state index in [0.29, 0.717) is 6.61 Å². The predicted octanol–water partition coefficient (Wildman–Crippen LogP) is 6.00. The van der Waals surface area contributed by atoms with Crippen molar-refractivity contribution in [3.8, 4) is 0 Å². The zero-order valence-corrected chi connectivity index (χ0v) is 18.8. The van der Waals surface area contributed by atoms with E-state index in [-0.39, 0.29) is 22.9 Å².